The second-order valence-corrected chi connectivity index (χ2v) is 5.06. The highest BCUT2D eigenvalue weighted by atomic mass is 14.6. The zero-order valence-electron chi connectivity index (χ0n) is 10.2. The van der Waals surface area contributed by atoms with E-state index in [2.05, 4.69) is 51.7 Å². The minimum absolute atomic E-state index is 0.0218. The fourth-order valence-electron chi connectivity index (χ4n) is 2.60. The van der Waals surface area contributed by atoms with E-state index >= 15 is 0 Å². The smallest absolute Gasteiger partial charge is 0.0429 e. The molecule has 16 heavy (non-hydrogen) atoms. The van der Waals surface area contributed by atoms with Crippen molar-refractivity contribution in [1.29, 1.82) is 0 Å². The lowest BCUT2D eigenvalue weighted by Crippen LogP contribution is -2.12. The lowest BCUT2D eigenvalue weighted by Gasteiger charge is -2.22. The highest BCUT2D eigenvalue weighted by Crippen LogP contribution is 2.49. The van der Waals surface area contributed by atoms with Gasteiger partial charge >= 0.3 is 0 Å². The first-order valence-corrected chi connectivity index (χ1v) is 5.72. The fraction of sp³-hybridized carbons (Fsp3) is 0.333. The maximum absolute atomic E-state index is 6.22. The Morgan fingerprint density at radius 1 is 1.44 bits per heavy atom. The molecule has 1 nitrogen and oxygen atoms in total. The lowest BCUT2D eigenvalue weighted by molar-refractivity contribution is 0.578. The molecule has 2 N–H and O–H groups in total. The molecule has 1 atom stereocenters. The molecule has 84 valence electrons. The van der Waals surface area contributed by atoms with Gasteiger partial charge in [-0.3, -0.25) is 0 Å². The van der Waals surface area contributed by atoms with Crippen LogP contribution in [0.15, 0.2) is 59.4 Å². The van der Waals surface area contributed by atoms with Crippen LogP contribution in [0.3, 0.4) is 0 Å². The van der Waals surface area contributed by atoms with E-state index in [1.807, 2.05) is 6.08 Å². The zero-order chi connectivity index (χ0) is 11.9. The highest BCUT2D eigenvalue weighted by Gasteiger charge is 2.38. The van der Waals surface area contributed by atoms with Crippen molar-refractivity contribution >= 4 is 0 Å². The van der Waals surface area contributed by atoms with Gasteiger partial charge in [-0.15, -0.1) is 0 Å². The second kappa shape index (κ2) is 3.51. The van der Waals surface area contributed by atoms with Gasteiger partial charge in [-0.2, -0.15) is 0 Å². The summed E-state index contributed by atoms with van der Waals surface area (Å²) in [5.41, 5.74) is 10.7. The maximum atomic E-state index is 6.22. The molecule has 2 aliphatic rings. The van der Waals surface area contributed by atoms with E-state index in [0.717, 1.165) is 11.3 Å². The number of nitrogens with two attached hydrogens (primary N) is 1. The lowest BCUT2D eigenvalue weighted by atomic mass is 9.80. The fourth-order valence-corrected chi connectivity index (χ4v) is 2.60. The first-order valence-electron chi connectivity index (χ1n) is 5.72. The van der Waals surface area contributed by atoms with Crippen molar-refractivity contribution in [2.75, 3.05) is 0 Å². The van der Waals surface area contributed by atoms with Crippen molar-refractivity contribution in [3.8, 4) is 0 Å². The minimum Gasteiger partial charge on any atom is -0.398 e. The van der Waals surface area contributed by atoms with E-state index in [4.69, 9.17) is 5.73 Å². The Balaban J connectivity index is 2.65. The number of hydrogen-bond acceptors (Lipinski definition) is 1. The van der Waals surface area contributed by atoms with Gasteiger partial charge in [-0.05, 0) is 22.6 Å². The van der Waals surface area contributed by atoms with E-state index in [-0.39, 0.29) is 5.41 Å². The molecule has 0 aromatic rings. The van der Waals surface area contributed by atoms with E-state index in [1.165, 1.54) is 11.1 Å². The molecule has 0 aromatic heterocycles. The van der Waals surface area contributed by atoms with Gasteiger partial charge in [0.15, 0.2) is 0 Å². The molecule has 1 heteroatoms. The Kier molecular flexibility index (Phi) is 2.42. The summed E-state index contributed by atoms with van der Waals surface area (Å²) in [6.07, 6.45) is 10.6. The van der Waals surface area contributed by atoms with Crippen LogP contribution in [0.5, 0.6) is 0 Å². The van der Waals surface area contributed by atoms with Gasteiger partial charge in [0.2, 0.25) is 0 Å². The third-order valence-corrected chi connectivity index (χ3v) is 3.53. The monoisotopic (exact) mass is 213 g/mol. The summed E-state index contributed by atoms with van der Waals surface area (Å²) >= 11 is 0. The van der Waals surface area contributed by atoms with Crippen LogP contribution in [0, 0.1) is 11.3 Å². The molecule has 0 aromatic carbocycles. The predicted octanol–water partition coefficient (Wildman–Crippen LogP) is 3.48. The van der Waals surface area contributed by atoms with Crippen LogP contribution in [0.1, 0.15) is 20.8 Å². The molecule has 2 rings (SSSR count). The minimum atomic E-state index is -0.0218. The van der Waals surface area contributed by atoms with Crippen LogP contribution in [0.4, 0.5) is 0 Å². The van der Waals surface area contributed by atoms with Crippen LogP contribution in [-0.2, 0) is 0 Å². The standard InChI is InChI=1S/C15H19N/c1-5-12-14(16)11-9-10(2)7-6-8-13(11)15(12,3)4/h5-10H,1,16H2,2-4H3. The largest absolute Gasteiger partial charge is 0.398 e. The second-order valence-electron chi connectivity index (χ2n) is 5.06. The predicted molar refractivity (Wildman–Crippen MR) is 69.7 cm³/mol. The number of allylic oxidation sites excluding steroid dienone is 7. The van der Waals surface area contributed by atoms with Gasteiger partial charge in [0.1, 0.15) is 0 Å². The van der Waals surface area contributed by atoms with Crippen molar-refractivity contribution in [3.05, 3.63) is 59.4 Å². The van der Waals surface area contributed by atoms with Crippen molar-refractivity contribution in [3.63, 3.8) is 0 Å². The Hall–Kier alpha value is -1.50. The van der Waals surface area contributed by atoms with Gasteiger partial charge in [-0.25, -0.2) is 0 Å². The van der Waals surface area contributed by atoms with Crippen molar-refractivity contribution in [2.24, 2.45) is 17.1 Å². The zero-order valence-corrected chi connectivity index (χ0v) is 10.2. The van der Waals surface area contributed by atoms with E-state index in [9.17, 15) is 0 Å². The molecule has 0 fully saturated rings. The number of rotatable bonds is 1. The van der Waals surface area contributed by atoms with Gasteiger partial charge in [-0.1, -0.05) is 57.7 Å². The molecule has 0 saturated carbocycles. The first-order chi connectivity index (χ1) is 7.48. The summed E-state index contributed by atoms with van der Waals surface area (Å²) in [6, 6.07) is 0. The first kappa shape index (κ1) is 11.0. The summed E-state index contributed by atoms with van der Waals surface area (Å²) in [5, 5.41) is 0. The molecule has 0 heterocycles. The average molecular weight is 213 g/mol. The van der Waals surface area contributed by atoms with E-state index < -0.39 is 0 Å². The van der Waals surface area contributed by atoms with E-state index in [1.54, 1.807) is 0 Å². The number of fused-ring (bicyclic) bond motifs is 1. The normalized spacial score (nSPS) is 27.1. The maximum Gasteiger partial charge on any atom is 0.0429 e. The van der Waals surface area contributed by atoms with Crippen molar-refractivity contribution in [2.45, 2.75) is 20.8 Å². The molecular formula is C15H19N. The van der Waals surface area contributed by atoms with Crippen molar-refractivity contribution < 1.29 is 0 Å². The van der Waals surface area contributed by atoms with Crippen molar-refractivity contribution in [1.82, 2.24) is 0 Å². The van der Waals surface area contributed by atoms with E-state index in [0.29, 0.717) is 5.92 Å². The Labute approximate surface area is 97.7 Å². The van der Waals surface area contributed by atoms with Crippen LogP contribution in [0.2, 0.25) is 0 Å². The third-order valence-electron chi connectivity index (χ3n) is 3.53. The Morgan fingerprint density at radius 2 is 2.12 bits per heavy atom. The highest BCUT2D eigenvalue weighted by molar-refractivity contribution is 5.64. The average Bonchev–Trinajstić information content (AvgIpc) is 2.38. The SMILES string of the molecule is C=CC1=C(N)C2=CC(C)C=CC=C2C1(C)C. The van der Waals surface area contributed by atoms with Gasteiger partial charge < -0.3 is 5.73 Å². The third kappa shape index (κ3) is 1.39. The molecular weight excluding hydrogens is 194 g/mol. The van der Waals surface area contributed by atoms with Gasteiger partial charge in [0, 0.05) is 11.1 Å². The van der Waals surface area contributed by atoms with Crippen LogP contribution in [0.25, 0.3) is 0 Å². The molecule has 0 spiro atoms. The summed E-state index contributed by atoms with van der Waals surface area (Å²) in [5.74, 6) is 0.433. The summed E-state index contributed by atoms with van der Waals surface area (Å²) < 4.78 is 0. The summed E-state index contributed by atoms with van der Waals surface area (Å²) in [4.78, 5) is 0. The summed E-state index contributed by atoms with van der Waals surface area (Å²) in [6.45, 7) is 10.5. The number of hydrogen-bond donors (Lipinski definition) is 1. The summed E-state index contributed by atoms with van der Waals surface area (Å²) in [7, 11) is 0. The molecule has 0 radical (unpaired) electrons. The van der Waals surface area contributed by atoms with Crippen LogP contribution >= 0.6 is 0 Å². The quantitative estimate of drug-likeness (QED) is 0.709. The molecule has 0 bridgehead atoms. The van der Waals surface area contributed by atoms with Gasteiger partial charge in [0.05, 0.1) is 0 Å². The van der Waals surface area contributed by atoms with Crippen LogP contribution in [-0.4, -0.2) is 0 Å². The Morgan fingerprint density at radius 3 is 2.75 bits per heavy atom. The molecule has 0 amide bonds. The Bertz CT molecular complexity index is 456. The molecule has 0 saturated heterocycles. The molecule has 0 aliphatic heterocycles. The molecule has 1 unspecified atom stereocenters. The topological polar surface area (TPSA) is 26.0 Å². The van der Waals surface area contributed by atoms with Gasteiger partial charge in [0.25, 0.3) is 0 Å². The molecule has 2 aliphatic carbocycles. The van der Waals surface area contributed by atoms with Crippen LogP contribution < -0.4 is 5.73 Å².